The van der Waals surface area contributed by atoms with Gasteiger partial charge in [-0.25, -0.2) is 17.9 Å². The standard InChI is InChI=1S/C15H23NO5S/c1-4-20-15(17)11-21-13-5-7-14(8-6-13)22(18,19)16-10-9-12(2)3/h5-8,12,16H,4,9-11H2,1-3H3. The number of carbonyl (C=O) groups excluding carboxylic acids is 1. The summed E-state index contributed by atoms with van der Waals surface area (Å²) in [6.07, 6.45) is 0.778. The molecule has 1 aromatic carbocycles. The average molecular weight is 329 g/mol. The molecule has 0 radical (unpaired) electrons. The molecule has 1 rings (SSSR count). The van der Waals surface area contributed by atoms with Crippen LogP contribution in [0.5, 0.6) is 5.75 Å². The third-order valence-corrected chi connectivity index (χ3v) is 4.29. The highest BCUT2D eigenvalue weighted by molar-refractivity contribution is 7.89. The summed E-state index contributed by atoms with van der Waals surface area (Å²) >= 11 is 0. The van der Waals surface area contributed by atoms with E-state index in [1.807, 2.05) is 13.8 Å². The van der Waals surface area contributed by atoms with Crippen LogP contribution in [-0.2, 0) is 19.6 Å². The van der Waals surface area contributed by atoms with E-state index >= 15 is 0 Å². The van der Waals surface area contributed by atoms with Crippen LogP contribution in [0.25, 0.3) is 0 Å². The van der Waals surface area contributed by atoms with Crippen LogP contribution in [0.3, 0.4) is 0 Å². The molecule has 1 N–H and O–H groups in total. The number of hydrogen-bond acceptors (Lipinski definition) is 5. The van der Waals surface area contributed by atoms with Crippen LogP contribution in [0.4, 0.5) is 0 Å². The van der Waals surface area contributed by atoms with Crippen molar-refractivity contribution in [2.24, 2.45) is 5.92 Å². The molecule has 7 heteroatoms. The fourth-order valence-corrected chi connectivity index (χ4v) is 2.67. The van der Waals surface area contributed by atoms with Gasteiger partial charge in [-0.1, -0.05) is 13.8 Å². The van der Waals surface area contributed by atoms with Crippen molar-refractivity contribution in [3.63, 3.8) is 0 Å². The normalized spacial score (nSPS) is 11.5. The molecule has 22 heavy (non-hydrogen) atoms. The van der Waals surface area contributed by atoms with Gasteiger partial charge in [0.2, 0.25) is 10.0 Å². The van der Waals surface area contributed by atoms with E-state index in [0.29, 0.717) is 24.8 Å². The van der Waals surface area contributed by atoms with E-state index in [-0.39, 0.29) is 11.5 Å². The molecule has 0 amide bonds. The second kappa shape index (κ2) is 8.75. The Morgan fingerprint density at radius 1 is 1.23 bits per heavy atom. The van der Waals surface area contributed by atoms with Crippen molar-refractivity contribution in [3.8, 4) is 5.75 Å². The van der Waals surface area contributed by atoms with Crippen LogP contribution in [0.2, 0.25) is 0 Å². The lowest BCUT2D eigenvalue weighted by atomic mass is 10.1. The molecule has 0 fully saturated rings. The predicted octanol–water partition coefficient (Wildman–Crippen LogP) is 1.95. The number of ether oxygens (including phenoxy) is 2. The number of nitrogens with one attached hydrogen (secondary N) is 1. The van der Waals surface area contributed by atoms with E-state index < -0.39 is 16.0 Å². The van der Waals surface area contributed by atoms with Crippen molar-refractivity contribution in [1.29, 1.82) is 0 Å². The molecule has 1 aromatic rings. The maximum absolute atomic E-state index is 12.1. The smallest absolute Gasteiger partial charge is 0.344 e. The van der Waals surface area contributed by atoms with Gasteiger partial charge in [-0.2, -0.15) is 0 Å². The van der Waals surface area contributed by atoms with E-state index in [0.717, 1.165) is 6.42 Å². The molecule has 0 saturated heterocycles. The van der Waals surface area contributed by atoms with Crippen LogP contribution in [0, 0.1) is 5.92 Å². The highest BCUT2D eigenvalue weighted by Gasteiger charge is 2.13. The second-order valence-electron chi connectivity index (χ2n) is 5.15. The van der Waals surface area contributed by atoms with Crippen molar-refractivity contribution < 1.29 is 22.7 Å². The van der Waals surface area contributed by atoms with Gasteiger partial charge < -0.3 is 9.47 Å². The van der Waals surface area contributed by atoms with Crippen LogP contribution in [0.15, 0.2) is 29.2 Å². The topological polar surface area (TPSA) is 81.7 Å². The fraction of sp³-hybridized carbons (Fsp3) is 0.533. The van der Waals surface area contributed by atoms with E-state index in [1.165, 1.54) is 24.3 Å². The van der Waals surface area contributed by atoms with Crippen LogP contribution >= 0.6 is 0 Å². The third-order valence-electron chi connectivity index (χ3n) is 2.81. The SMILES string of the molecule is CCOC(=O)COc1ccc(S(=O)(=O)NCCC(C)C)cc1. The highest BCUT2D eigenvalue weighted by Crippen LogP contribution is 2.16. The first kappa shape index (κ1) is 18.4. The molecule has 0 heterocycles. The summed E-state index contributed by atoms with van der Waals surface area (Å²) in [5.74, 6) is 0.380. The zero-order valence-corrected chi connectivity index (χ0v) is 14.0. The highest BCUT2D eigenvalue weighted by atomic mass is 32.2. The van der Waals surface area contributed by atoms with Crippen molar-refractivity contribution in [3.05, 3.63) is 24.3 Å². The largest absolute Gasteiger partial charge is 0.482 e. The molecule has 6 nitrogen and oxygen atoms in total. The number of hydrogen-bond donors (Lipinski definition) is 1. The number of rotatable bonds is 9. The predicted molar refractivity (Wildman–Crippen MR) is 83.2 cm³/mol. The molecule has 0 bridgehead atoms. The molecule has 0 aliphatic carbocycles. The molecule has 0 atom stereocenters. The Kier molecular flexibility index (Phi) is 7.34. The quantitative estimate of drug-likeness (QED) is 0.700. The zero-order chi connectivity index (χ0) is 16.6. The van der Waals surface area contributed by atoms with Crippen LogP contribution in [-0.4, -0.2) is 34.1 Å². The van der Waals surface area contributed by atoms with Crippen molar-refractivity contribution >= 4 is 16.0 Å². The Morgan fingerprint density at radius 3 is 2.41 bits per heavy atom. The maximum atomic E-state index is 12.1. The van der Waals surface area contributed by atoms with Gasteiger partial charge in [0.05, 0.1) is 11.5 Å². The lowest BCUT2D eigenvalue weighted by Gasteiger charge is -2.09. The summed E-state index contributed by atoms with van der Waals surface area (Å²) in [5, 5.41) is 0. The third kappa shape index (κ3) is 6.44. The molecule has 124 valence electrons. The monoisotopic (exact) mass is 329 g/mol. The molecular formula is C15H23NO5S. The van der Waals surface area contributed by atoms with Gasteiger partial charge in [-0.15, -0.1) is 0 Å². The van der Waals surface area contributed by atoms with E-state index in [4.69, 9.17) is 9.47 Å². The van der Waals surface area contributed by atoms with Gasteiger partial charge in [0.25, 0.3) is 0 Å². The molecule has 0 unspecified atom stereocenters. The van der Waals surface area contributed by atoms with E-state index in [9.17, 15) is 13.2 Å². The maximum Gasteiger partial charge on any atom is 0.344 e. The van der Waals surface area contributed by atoms with Gasteiger partial charge in [0.1, 0.15) is 5.75 Å². The summed E-state index contributed by atoms with van der Waals surface area (Å²) in [6, 6.07) is 5.91. The fourth-order valence-electron chi connectivity index (χ4n) is 1.63. The minimum atomic E-state index is -3.51. The van der Waals surface area contributed by atoms with E-state index in [2.05, 4.69) is 4.72 Å². The van der Waals surface area contributed by atoms with Crippen molar-refractivity contribution in [1.82, 2.24) is 4.72 Å². The molecule has 0 saturated carbocycles. The summed E-state index contributed by atoms with van der Waals surface area (Å²) in [6.45, 7) is 6.27. The number of carbonyl (C=O) groups is 1. The Labute approximate surface area is 131 Å². The summed E-state index contributed by atoms with van der Waals surface area (Å²) in [5.41, 5.74) is 0. The molecular weight excluding hydrogens is 306 g/mol. The summed E-state index contributed by atoms with van der Waals surface area (Å²) < 4.78 is 36.6. The average Bonchev–Trinajstić information content (AvgIpc) is 2.45. The Balaban J connectivity index is 2.58. The molecule has 0 aromatic heterocycles. The van der Waals surface area contributed by atoms with E-state index in [1.54, 1.807) is 6.92 Å². The summed E-state index contributed by atoms with van der Waals surface area (Å²) in [4.78, 5) is 11.3. The van der Waals surface area contributed by atoms with Gasteiger partial charge in [0, 0.05) is 6.54 Å². The zero-order valence-electron chi connectivity index (χ0n) is 13.2. The Bertz CT molecular complexity index is 566. The van der Waals surface area contributed by atoms with Crippen LogP contribution < -0.4 is 9.46 Å². The molecule has 0 aliphatic heterocycles. The molecule has 0 spiro atoms. The first-order valence-electron chi connectivity index (χ1n) is 7.23. The first-order chi connectivity index (χ1) is 10.3. The van der Waals surface area contributed by atoms with Gasteiger partial charge in [0.15, 0.2) is 6.61 Å². The minimum absolute atomic E-state index is 0.166. The lowest BCUT2D eigenvalue weighted by Crippen LogP contribution is -2.25. The van der Waals surface area contributed by atoms with Gasteiger partial charge in [-0.3, -0.25) is 0 Å². The second-order valence-corrected chi connectivity index (χ2v) is 6.91. The number of sulfonamides is 1. The first-order valence-corrected chi connectivity index (χ1v) is 8.71. The van der Waals surface area contributed by atoms with Crippen LogP contribution in [0.1, 0.15) is 27.2 Å². The van der Waals surface area contributed by atoms with Gasteiger partial charge in [-0.05, 0) is 43.5 Å². The minimum Gasteiger partial charge on any atom is -0.482 e. The number of esters is 1. The van der Waals surface area contributed by atoms with Crippen molar-refractivity contribution in [2.75, 3.05) is 19.8 Å². The summed E-state index contributed by atoms with van der Waals surface area (Å²) in [7, 11) is -3.51. The van der Waals surface area contributed by atoms with Crippen molar-refractivity contribution in [2.45, 2.75) is 32.1 Å². The Hall–Kier alpha value is -1.60. The molecule has 0 aliphatic rings. The van der Waals surface area contributed by atoms with Gasteiger partial charge >= 0.3 is 5.97 Å². The Morgan fingerprint density at radius 2 is 1.86 bits per heavy atom. The lowest BCUT2D eigenvalue weighted by molar-refractivity contribution is -0.145. The number of benzene rings is 1.